The Bertz CT molecular complexity index is 1200. The molecule has 190 valence electrons. The molecule has 2 aromatic carbocycles. The minimum Gasteiger partial charge on any atom is -0.493 e. The van der Waals surface area contributed by atoms with Crippen molar-refractivity contribution in [3.05, 3.63) is 59.2 Å². The number of primary amides is 1. The van der Waals surface area contributed by atoms with Gasteiger partial charge < -0.3 is 30.9 Å². The molecule has 2 amide bonds. The molecule has 0 aliphatic carbocycles. The monoisotopic (exact) mass is 509 g/mol. The number of ether oxygens (including phenoxy) is 2. The number of carboxylic acid groups (broad SMARTS) is 1. The van der Waals surface area contributed by atoms with Gasteiger partial charge >= 0.3 is 5.97 Å². The fraction of sp³-hybridized carbons (Fsp3) is 0.318. The van der Waals surface area contributed by atoms with Crippen LogP contribution in [0.25, 0.3) is 0 Å². The fourth-order valence-corrected chi connectivity index (χ4v) is 4.08. The molecule has 1 aliphatic heterocycles. The van der Waals surface area contributed by atoms with Crippen molar-refractivity contribution in [1.29, 1.82) is 0 Å². The van der Waals surface area contributed by atoms with E-state index in [1.807, 2.05) is 24.3 Å². The van der Waals surface area contributed by atoms with Crippen LogP contribution in [0, 0.1) is 0 Å². The van der Waals surface area contributed by atoms with Gasteiger partial charge in [0.1, 0.15) is 11.8 Å². The third-order valence-corrected chi connectivity index (χ3v) is 5.90. The Morgan fingerprint density at radius 3 is 2.23 bits per heavy atom. The first-order valence-electron chi connectivity index (χ1n) is 10.2. The number of carbonyl (C=O) groups is 3. The smallest absolute Gasteiger partial charge is 0.321 e. The average molecular weight is 510 g/mol. The largest absolute Gasteiger partial charge is 0.493 e. The van der Waals surface area contributed by atoms with Crippen molar-refractivity contribution in [2.45, 2.75) is 25.0 Å². The molecule has 0 saturated carbocycles. The zero-order chi connectivity index (χ0) is 26.3. The van der Waals surface area contributed by atoms with Crippen molar-refractivity contribution in [2.24, 2.45) is 11.5 Å². The Labute approximate surface area is 202 Å². The lowest BCUT2D eigenvalue weighted by molar-refractivity contribution is -0.138. The SMILES string of the molecule is COc1ccc(C(CC(N)=O)N2Cc3ccccc3C2=O)cc1OC.NC(CS(=O)(=O)O)C(=O)O. The Hall–Kier alpha value is -3.68. The number of rotatable bonds is 9. The van der Waals surface area contributed by atoms with E-state index in [1.54, 1.807) is 37.3 Å². The highest BCUT2D eigenvalue weighted by molar-refractivity contribution is 7.85. The molecule has 13 heteroatoms. The number of nitrogens with two attached hydrogens (primary N) is 2. The zero-order valence-electron chi connectivity index (χ0n) is 19.1. The number of nitrogens with zero attached hydrogens (tertiary/aromatic N) is 1. The summed E-state index contributed by atoms with van der Waals surface area (Å²) in [5.41, 5.74) is 12.6. The van der Waals surface area contributed by atoms with Crippen molar-refractivity contribution in [1.82, 2.24) is 4.90 Å². The van der Waals surface area contributed by atoms with Gasteiger partial charge in [0.2, 0.25) is 5.91 Å². The van der Waals surface area contributed by atoms with Gasteiger partial charge in [-0.1, -0.05) is 24.3 Å². The number of fused-ring (bicyclic) bond motifs is 1. The summed E-state index contributed by atoms with van der Waals surface area (Å²) in [6.45, 7) is 0.446. The Morgan fingerprint density at radius 2 is 1.74 bits per heavy atom. The quantitative estimate of drug-likeness (QED) is 0.346. The molecule has 2 aromatic rings. The predicted octanol–water partition coefficient (Wildman–Crippen LogP) is 0.562. The molecule has 35 heavy (non-hydrogen) atoms. The van der Waals surface area contributed by atoms with Gasteiger partial charge in [0.05, 0.1) is 26.7 Å². The molecular weight excluding hydrogens is 482 g/mol. The highest BCUT2D eigenvalue weighted by atomic mass is 32.2. The molecule has 0 fully saturated rings. The predicted molar refractivity (Wildman–Crippen MR) is 124 cm³/mol. The second kappa shape index (κ2) is 11.6. The molecular formula is C22H27N3O9S. The van der Waals surface area contributed by atoms with Gasteiger partial charge in [0.25, 0.3) is 16.0 Å². The van der Waals surface area contributed by atoms with Gasteiger partial charge in [0, 0.05) is 12.1 Å². The molecule has 0 radical (unpaired) electrons. The van der Waals surface area contributed by atoms with Crippen molar-refractivity contribution in [3.63, 3.8) is 0 Å². The van der Waals surface area contributed by atoms with Gasteiger partial charge in [-0.15, -0.1) is 0 Å². The Balaban J connectivity index is 0.000000367. The van der Waals surface area contributed by atoms with E-state index in [-0.39, 0.29) is 12.3 Å². The summed E-state index contributed by atoms with van der Waals surface area (Å²) >= 11 is 0. The number of carboxylic acids is 1. The van der Waals surface area contributed by atoms with Crippen LogP contribution in [0.5, 0.6) is 11.5 Å². The maximum Gasteiger partial charge on any atom is 0.321 e. The number of aliphatic carboxylic acids is 1. The number of hydrogen-bond acceptors (Lipinski definition) is 8. The topological polar surface area (TPSA) is 200 Å². The van der Waals surface area contributed by atoms with Crippen LogP contribution in [-0.2, 0) is 26.3 Å². The first-order valence-corrected chi connectivity index (χ1v) is 11.8. The Morgan fingerprint density at radius 1 is 1.11 bits per heavy atom. The van der Waals surface area contributed by atoms with E-state index in [4.69, 9.17) is 30.6 Å². The van der Waals surface area contributed by atoms with Crippen LogP contribution < -0.4 is 20.9 Å². The molecule has 2 unspecified atom stereocenters. The number of carbonyl (C=O) groups excluding carboxylic acids is 2. The maximum absolute atomic E-state index is 12.8. The summed E-state index contributed by atoms with van der Waals surface area (Å²) in [5.74, 6) is -1.86. The second-order valence-corrected chi connectivity index (χ2v) is 9.08. The molecule has 0 bridgehead atoms. The number of hydrogen-bond donors (Lipinski definition) is 4. The molecule has 6 N–H and O–H groups in total. The number of benzene rings is 2. The van der Waals surface area contributed by atoms with Crippen LogP contribution in [-0.4, -0.2) is 66.8 Å². The van der Waals surface area contributed by atoms with Crippen molar-refractivity contribution >= 4 is 27.9 Å². The van der Waals surface area contributed by atoms with Gasteiger partial charge in [-0.25, -0.2) is 0 Å². The molecule has 0 aromatic heterocycles. The third kappa shape index (κ3) is 7.40. The summed E-state index contributed by atoms with van der Waals surface area (Å²) in [6.07, 6.45) is 0.0369. The van der Waals surface area contributed by atoms with Crippen LogP contribution >= 0.6 is 0 Å². The summed E-state index contributed by atoms with van der Waals surface area (Å²) in [4.78, 5) is 36.0. The normalized spacial score (nSPS) is 14.3. The average Bonchev–Trinajstić information content (AvgIpc) is 3.12. The van der Waals surface area contributed by atoms with Crippen molar-refractivity contribution < 1.29 is 41.9 Å². The van der Waals surface area contributed by atoms with E-state index in [0.717, 1.165) is 11.1 Å². The lowest BCUT2D eigenvalue weighted by Crippen LogP contribution is -2.36. The van der Waals surface area contributed by atoms with E-state index < -0.39 is 39.8 Å². The summed E-state index contributed by atoms with van der Waals surface area (Å²) in [6, 6.07) is 10.8. The fourth-order valence-electron chi connectivity index (χ4n) is 3.49. The molecule has 12 nitrogen and oxygen atoms in total. The van der Waals surface area contributed by atoms with Gasteiger partial charge in [0.15, 0.2) is 11.5 Å². The lowest BCUT2D eigenvalue weighted by atomic mass is 10.0. The van der Waals surface area contributed by atoms with E-state index in [1.165, 1.54) is 0 Å². The molecule has 3 rings (SSSR count). The Kier molecular flexibility index (Phi) is 9.17. The second-order valence-electron chi connectivity index (χ2n) is 7.58. The first kappa shape index (κ1) is 27.6. The van der Waals surface area contributed by atoms with E-state index in [0.29, 0.717) is 23.6 Å². The van der Waals surface area contributed by atoms with Crippen LogP contribution in [0.2, 0.25) is 0 Å². The maximum atomic E-state index is 12.8. The van der Waals surface area contributed by atoms with E-state index in [2.05, 4.69) is 0 Å². The van der Waals surface area contributed by atoms with Gasteiger partial charge in [-0.2, -0.15) is 8.42 Å². The minimum absolute atomic E-state index is 0.0369. The van der Waals surface area contributed by atoms with Crippen LogP contribution in [0.3, 0.4) is 0 Å². The summed E-state index contributed by atoms with van der Waals surface area (Å²) in [7, 11) is -1.18. The lowest BCUT2D eigenvalue weighted by Gasteiger charge is -2.28. The standard InChI is InChI=1S/C19H20N2O4.C3H7NO5S/c1-24-16-8-7-12(9-17(16)25-2)15(10-18(20)22)21-11-13-5-3-4-6-14(13)19(21)23;4-2(3(5)6)1-10(7,8)9/h3-9,15H,10-11H2,1-2H3,(H2,20,22);2H,1,4H2,(H,5,6)(H,7,8,9). The van der Waals surface area contributed by atoms with E-state index >= 15 is 0 Å². The summed E-state index contributed by atoms with van der Waals surface area (Å²) < 4.78 is 38.6. The molecule has 1 heterocycles. The number of amides is 2. The van der Waals surface area contributed by atoms with E-state index in [9.17, 15) is 22.8 Å². The van der Waals surface area contributed by atoms with Crippen LogP contribution in [0.1, 0.15) is 33.9 Å². The van der Waals surface area contributed by atoms with Crippen molar-refractivity contribution in [2.75, 3.05) is 20.0 Å². The molecule has 0 saturated heterocycles. The van der Waals surface area contributed by atoms with Gasteiger partial charge in [-0.3, -0.25) is 18.9 Å². The third-order valence-electron chi connectivity index (χ3n) is 5.12. The molecule has 2 atom stereocenters. The van der Waals surface area contributed by atoms with Crippen LogP contribution in [0.15, 0.2) is 42.5 Å². The van der Waals surface area contributed by atoms with Crippen LogP contribution in [0.4, 0.5) is 0 Å². The molecule has 0 spiro atoms. The highest BCUT2D eigenvalue weighted by Gasteiger charge is 2.34. The number of methoxy groups -OCH3 is 2. The van der Waals surface area contributed by atoms with Crippen molar-refractivity contribution in [3.8, 4) is 11.5 Å². The minimum atomic E-state index is -4.27. The van der Waals surface area contributed by atoms with Gasteiger partial charge in [-0.05, 0) is 29.3 Å². The first-order chi connectivity index (χ1) is 16.4. The highest BCUT2D eigenvalue weighted by Crippen LogP contribution is 2.37. The molecule has 1 aliphatic rings. The summed E-state index contributed by atoms with van der Waals surface area (Å²) in [5, 5.41) is 8.04. The zero-order valence-corrected chi connectivity index (χ0v) is 19.9.